The Morgan fingerprint density at radius 3 is 2.65 bits per heavy atom. The number of H-pyrrole nitrogens is 1. The third kappa shape index (κ3) is 4.70. The molecule has 156 valence electrons. The van der Waals surface area contributed by atoms with Gasteiger partial charge < -0.3 is 10.3 Å². The molecule has 0 unspecified atom stereocenters. The summed E-state index contributed by atoms with van der Waals surface area (Å²) in [4.78, 5) is 12.5. The van der Waals surface area contributed by atoms with E-state index < -0.39 is 0 Å². The van der Waals surface area contributed by atoms with E-state index in [1.165, 1.54) is 34.8 Å². The number of halogens is 1. The summed E-state index contributed by atoms with van der Waals surface area (Å²) in [5.41, 5.74) is 3.86. The Bertz CT molecular complexity index is 1240. The number of hydrogen-bond acceptors (Lipinski definition) is 5. The number of thioether (sulfide) groups is 1. The molecule has 0 aliphatic rings. The largest absolute Gasteiger partial charge is 0.368 e. The lowest BCUT2D eigenvalue weighted by Gasteiger charge is -2.13. The van der Waals surface area contributed by atoms with Crippen LogP contribution in [0, 0.1) is 17.1 Å². The first-order valence-corrected chi connectivity index (χ1v) is 11.0. The molecule has 31 heavy (non-hydrogen) atoms. The summed E-state index contributed by atoms with van der Waals surface area (Å²) < 4.78 is 13.4. The number of nitrogens with one attached hydrogen (secondary N) is 2. The van der Waals surface area contributed by atoms with Gasteiger partial charge in [-0.3, -0.25) is 0 Å². The molecule has 0 spiro atoms. The fourth-order valence-corrected chi connectivity index (χ4v) is 4.12. The maximum atomic E-state index is 13.4. The standard InChI is InChI=1S/C24H22FN5S/c1-15(2)31-24-29-22(16-7-9-18(25)10-8-16)20(13-26)23(30-24)27-12-11-17-14-28-21-6-4-3-5-19(17)21/h3-10,14-15,28H,11-12H2,1-2H3,(H,27,29,30). The lowest BCUT2D eigenvalue weighted by atomic mass is 10.1. The summed E-state index contributed by atoms with van der Waals surface area (Å²) in [5.74, 6) is 0.171. The van der Waals surface area contributed by atoms with Gasteiger partial charge in [0.2, 0.25) is 0 Å². The second-order valence-electron chi connectivity index (χ2n) is 7.40. The van der Waals surface area contributed by atoms with E-state index >= 15 is 0 Å². The minimum atomic E-state index is -0.329. The number of benzene rings is 2. The topological polar surface area (TPSA) is 77.4 Å². The monoisotopic (exact) mass is 431 g/mol. The van der Waals surface area contributed by atoms with E-state index in [0.29, 0.717) is 34.3 Å². The molecule has 0 saturated heterocycles. The molecule has 2 N–H and O–H groups in total. The zero-order chi connectivity index (χ0) is 21.8. The second-order valence-corrected chi connectivity index (χ2v) is 8.94. The van der Waals surface area contributed by atoms with Gasteiger partial charge in [0.25, 0.3) is 0 Å². The molecular formula is C24H22FN5S. The smallest absolute Gasteiger partial charge is 0.190 e. The van der Waals surface area contributed by atoms with Crippen LogP contribution in [0.2, 0.25) is 0 Å². The lowest BCUT2D eigenvalue weighted by Crippen LogP contribution is -2.10. The fraction of sp³-hybridized carbons (Fsp3) is 0.208. The molecule has 0 atom stereocenters. The predicted molar refractivity (Wildman–Crippen MR) is 124 cm³/mol. The number of aromatic nitrogens is 3. The molecule has 0 saturated carbocycles. The molecule has 0 fully saturated rings. The number of nitriles is 1. The molecule has 0 aliphatic carbocycles. The zero-order valence-electron chi connectivity index (χ0n) is 17.3. The SMILES string of the molecule is CC(C)Sc1nc(NCCc2c[nH]c3ccccc23)c(C#N)c(-c2ccc(F)cc2)n1. The third-order valence-corrected chi connectivity index (χ3v) is 5.69. The van der Waals surface area contributed by atoms with Crippen LogP contribution in [0.4, 0.5) is 10.2 Å². The number of anilines is 1. The molecule has 0 bridgehead atoms. The van der Waals surface area contributed by atoms with Gasteiger partial charge in [0.05, 0.1) is 5.69 Å². The number of rotatable bonds is 7. The molecule has 2 aromatic carbocycles. The van der Waals surface area contributed by atoms with E-state index in [-0.39, 0.29) is 11.1 Å². The Labute approximate surface area is 184 Å². The van der Waals surface area contributed by atoms with Gasteiger partial charge in [-0.25, -0.2) is 14.4 Å². The number of nitrogens with zero attached hydrogens (tertiary/aromatic N) is 3. The molecule has 7 heteroatoms. The highest BCUT2D eigenvalue weighted by atomic mass is 32.2. The predicted octanol–water partition coefficient (Wildman–Crippen LogP) is 5.79. The Morgan fingerprint density at radius 1 is 1.13 bits per heavy atom. The van der Waals surface area contributed by atoms with Crippen molar-refractivity contribution >= 4 is 28.5 Å². The molecule has 0 aliphatic heterocycles. The first-order valence-electron chi connectivity index (χ1n) is 10.1. The van der Waals surface area contributed by atoms with E-state index in [1.54, 1.807) is 12.1 Å². The molecule has 5 nitrogen and oxygen atoms in total. The molecule has 0 radical (unpaired) electrons. The number of hydrogen-bond donors (Lipinski definition) is 2. The van der Waals surface area contributed by atoms with Gasteiger partial charge in [-0.05, 0) is 42.3 Å². The Kier molecular flexibility index (Phi) is 6.19. The average molecular weight is 432 g/mol. The van der Waals surface area contributed by atoms with Crippen molar-refractivity contribution in [2.45, 2.75) is 30.7 Å². The maximum absolute atomic E-state index is 13.4. The van der Waals surface area contributed by atoms with Gasteiger partial charge in [0.1, 0.15) is 23.3 Å². The highest BCUT2D eigenvalue weighted by Crippen LogP contribution is 2.30. The van der Waals surface area contributed by atoms with Crippen molar-refractivity contribution in [3.63, 3.8) is 0 Å². The highest BCUT2D eigenvalue weighted by Gasteiger charge is 2.17. The fourth-order valence-electron chi connectivity index (χ4n) is 3.41. The molecule has 4 aromatic rings. The number of fused-ring (bicyclic) bond motifs is 1. The van der Waals surface area contributed by atoms with Crippen LogP contribution >= 0.6 is 11.8 Å². The summed E-state index contributed by atoms with van der Waals surface area (Å²) in [6.45, 7) is 4.74. The highest BCUT2D eigenvalue weighted by molar-refractivity contribution is 7.99. The van der Waals surface area contributed by atoms with Crippen molar-refractivity contribution in [3.8, 4) is 17.3 Å². The van der Waals surface area contributed by atoms with Crippen LogP contribution < -0.4 is 5.32 Å². The van der Waals surface area contributed by atoms with Crippen LogP contribution in [0.15, 0.2) is 59.9 Å². The summed E-state index contributed by atoms with van der Waals surface area (Å²) in [7, 11) is 0. The second kappa shape index (κ2) is 9.19. The molecule has 2 heterocycles. The minimum absolute atomic E-state index is 0.285. The van der Waals surface area contributed by atoms with E-state index in [4.69, 9.17) is 0 Å². The first-order chi connectivity index (χ1) is 15.0. The number of para-hydroxylation sites is 1. The average Bonchev–Trinajstić information content (AvgIpc) is 3.17. The third-order valence-electron chi connectivity index (χ3n) is 4.82. The van der Waals surface area contributed by atoms with Crippen molar-refractivity contribution in [2.24, 2.45) is 0 Å². The van der Waals surface area contributed by atoms with Crippen molar-refractivity contribution in [1.29, 1.82) is 5.26 Å². The van der Waals surface area contributed by atoms with Gasteiger partial charge in [-0.1, -0.05) is 43.8 Å². The maximum Gasteiger partial charge on any atom is 0.190 e. The Balaban J connectivity index is 1.64. The lowest BCUT2D eigenvalue weighted by molar-refractivity contribution is 0.628. The summed E-state index contributed by atoms with van der Waals surface area (Å²) in [6.07, 6.45) is 2.79. The van der Waals surface area contributed by atoms with Crippen LogP contribution in [0.25, 0.3) is 22.2 Å². The van der Waals surface area contributed by atoms with Crippen LogP contribution in [0.5, 0.6) is 0 Å². The first kappa shape index (κ1) is 20.9. The summed E-state index contributed by atoms with van der Waals surface area (Å²) >= 11 is 1.53. The zero-order valence-corrected chi connectivity index (χ0v) is 18.1. The van der Waals surface area contributed by atoms with E-state index in [2.05, 4.69) is 52.3 Å². The van der Waals surface area contributed by atoms with Crippen molar-refractivity contribution in [3.05, 3.63) is 71.7 Å². The Hall–Kier alpha value is -3.37. The normalized spacial score (nSPS) is 11.1. The van der Waals surface area contributed by atoms with Crippen molar-refractivity contribution in [2.75, 3.05) is 11.9 Å². The Morgan fingerprint density at radius 2 is 1.90 bits per heavy atom. The quantitative estimate of drug-likeness (QED) is 0.286. The van der Waals surface area contributed by atoms with Crippen LogP contribution in [-0.2, 0) is 6.42 Å². The van der Waals surface area contributed by atoms with E-state index in [1.807, 2.05) is 18.3 Å². The van der Waals surface area contributed by atoms with Gasteiger partial charge in [0, 0.05) is 34.5 Å². The van der Waals surface area contributed by atoms with Crippen LogP contribution in [0.1, 0.15) is 25.0 Å². The molecule has 2 aromatic heterocycles. The molecular weight excluding hydrogens is 409 g/mol. The van der Waals surface area contributed by atoms with Gasteiger partial charge in [-0.2, -0.15) is 5.26 Å². The van der Waals surface area contributed by atoms with E-state index in [9.17, 15) is 9.65 Å². The van der Waals surface area contributed by atoms with Crippen LogP contribution in [0.3, 0.4) is 0 Å². The number of aromatic amines is 1. The molecule has 0 amide bonds. The van der Waals surface area contributed by atoms with Crippen molar-refractivity contribution < 1.29 is 4.39 Å². The summed E-state index contributed by atoms with van der Waals surface area (Å²) in [5, 5.41) is 15.2. The van der Waals surface area contributed by atoms with Gasteiger partial charge >= 0.3 is 0 Å². The summed E-state index contributed by atoms with van der Waals surface area (Å²) in [6, 6.07) is 16.4. The van der Waals surface area contributed by atoms with Gasteiger partial charge in [-0.15, -0.1) is 0 Å². The minimum Gasteiger partial charge on any atom is -0.368 e. The van der Waals surface area contributed by atoms with Gasteiger partial charge in [0.15, 0.2) is 5.16 Å². The van der Waals surface area contributed by atoms with E-state index in [0.717, 1.165) is 11.9 Å². The molecule has 4 rings (SSSR count). The van der Waals surface area contributed by atoms with Crippen molar-refractivity contribution in [1.82, 2.24) is 15.0 Å². The van der Waals surface area contributed by atoms with Crippen LogP contribution in [-0.4, -0.2) is 26.7 Å².